The van der Waals surface area contributed by atoms with Gasteiger partial charge in [-0.2, -0.15) is 10.4 Å². The van der Waals surface area contributed by atoms with Crippen LogP contribution in [0, 0.1) is 29.1 Å². The zero-order chi connectivity index (χ0) is 21.3. The Labute approximate surface area is 181 Å². The van der Waals surface area contributed by atoms with Crippen LogP contribution in [0.15, 0.2) is 24.3 Å². The van der Waals surface area contributed by atoms with Gasteiger partial charge in [0.2, 0.25) is 0 Å². The van der Waals surface area contributed by atoms with Crippen LogP contribution in [0.3, 0.4) is 0 Å². The van der Waals surface area contributed by atoms with Crippen LogP contribution in [0.4, 0.5) is 11.5 Å². The van der Waals surface area contributed by atoms with Gasteiger partial charge in [0.25, 0.3) is 5.91 Å². The summed E-state index contributed by atoms with van der Waals surface area (Å²) in [5.74, 6) is 2.14. The van der Waals surface area contributed by atoms with Crippen LogP contribution in [-0.4, -0.2) is 39.0 Å². The molecule has 7 heteroatoms. The summed E-state index contributed by atoms with van der Waals surface area (Å²) in [4.78, 5) is 15.3. The first-order valence-corrected chi connectivity index (χ1v) is 11.3. The second-order valence-electron chi connectivity index (χ2n) is 10.1. The number of nitrogens with one attached hydrogen (secondary N) is 1. The Morgan fingerprint density at radius 3 is 2.74 bits per heavy atom. The van der Waals surface area contributed by atoms with E-state index >= 15 is 0 Å². The maximum Gasteiger partial charge on any atom is 0.272 e. The fourth-order valence-electron chi connectivity index (χ4n) is 6.97. The largest absolute Gasteiger partial charge is 0.390 e. The SMILES string of the molecule is Cn1nc(C(=O)NC2C3CC4CC2CC(O)(C4)C3)cc1N1CCc2cc(C#N)ccc21. The van der Waals surface area contributed by atoms with E-state index in [1.165, 1.54) is 0 Å². The molecule has 0 radical (unpaired) electrons. The lowest BCUT2D eigenvalue weighted by atomic mass is 9.52. The predicted octanol–water partition coefficient (Wildman–Crippen LogP) is 2.66. The number of benzene rings is 1. The summed E-state index contributed by atoms with van der Waals surface area (Å²) in [5, 5.41) is 27.7. The standard InChI is InChI=1S/C24H27N5O2/c1-28-21(29-5-4-16-6-14(13-25)2-3-20(16)29)9-19(27-28)23(30)26-22-17-7-15-8-18(22)12-24(31,10-15)11-17/h2-3,6,9,15,17-18,22,31H,4-5,7-8,10-12H2,1H3,(H,26,30). The Hall–Kier alpha value is -2.85. The number of hydrogen-bond acceptors (Lipinski definition) is 5. The average Bonchev–Trinajstić information content (AvgIpc) is 3.31. The highest BCUT2D eigenvalue weighted by Crippen LogP contribution is 2.55. The van der Waals surface area contributed by atoms with Gasteiger partial charge in [0.05, 0.1) is 17.2 Å². The Morgan fingerprint density at radius 1 is 1.26 bits per heavy atom. The van der Waals surface area contributed by atoms with Crippen LogP contribution in [0.2, 0.25) is 0 Å². The number of carbonyl (C=O) groups is 1. The highest BCUT2D eigenvalue weighted by atomic mass is 16.3. The second kappa shape index (κ2) is 6.57. The summed E-state index contributed by atoms with van der Waals surface area (Å²) in [5.41, 5.74) is 2.84. The van der Waals surface area contributed by atoms with Gasteiger partial charge in [0, 0.05) is 31.4 Å². The van der Waals surface area contributed by atoms with Crippen LogP contribution in [-0.2, 0) is 13.5 Å². The molecule has 4 bridgehead atoms. The highest BCUT2D eigenvalue weighted by molar-refractivity contribution is 5.93. The van der Waals surface area contributed by atoms with E-state index in [0.717, 1.165) is 62.1 Å². The monoisotopic (exact) mass is 417 g/mol. The minimum Gasteiger partial charge on any atom is -0.390 e. The van der Waals surface area contributed by atoms with E-state index < -0.39 is 5.60 Å². The summed E-state index contributed by atoms with van der Waals surface area (Å²) in [6.45, 7) is 0.803. The molecular weight excluding hydrogens is 390 g/mol. The number of nitriles is 1. The third kappa shape index (κ3) is 2.96. The maximum absolute atomic E-state index is 13.1. The number of amides is 1. The van der Waals surface area contributed by atoms with E-state index in [1.807, 2.05) is 31.3 Å². The van der Waals surface area contributed by atoms with Gasteiger partial charge < -0.3 is 15.3 Å². The molecule has 5 aliphatic rings. The lowest BCUT2D eigenvalue weighted by Crippen LogP contribution is -2.61. The normalized spacial score (nSPS) is 32.7. The predicted molar refractivity (Wildman–Crippen MR) is 115 cm³/mol. The van der Waals surface area contributed by atoms with Crippen LogP contribution in [0.1, 0.15) is 53.7 Å². The smallest absolute Gasteiger partial charge is 0.272 e. The zero-order valence-corrected chi connectivity index (χ0v) is 17.7. The van der Waals surface area contributed by atoms with Crippen LogP contribution in [0.25, 0.3) is 0 Å². The van der Waals surface area contributed by atoms with E-state index in [0.29, 0.717) is 29.0 Å². The molecule has 2 unspecified atom stereocenters. The Morgan fingerprint density at radius 2 is 2.03 bits per heavy atom. The van der Waals surface area contributed by atoms with Gasteiger partial charge in [-0.1, -0.05) is 0 Å². The quantitative estimate of drug-likeness (QED) is 0.801. The molecule has 4 fully saturated rings. The van der Waals surface area contributed by atoms with E-state index in [-0.39, 0.29) is 11.9 Å². The number of aryl methyl sites for hydroxylation is 1. The van der Waals surface area contributed by atoms with Gasteiger partial charge in [-0.25, -0.2) is 0 Å². The molecule has 1 aromatic carbocycles. The van der Waals surface area contributed by atoms with E-state index in [2.05, 4.69) is 21.4 Å². The van der Waals surface area contributed by atoms with E-state index in [1.54, 1.807) is 4.68 Å². The molecule has 2 heterocycles. The zero-order valence-electron chi connectivity index (χ0n) is 17.7. The van der Waals surface area contributed by atoms with Gasteiger partial charge in [-0.3, -0.25) is 9.48 Å². The molecule has 0 saturated heterocycles. The Balaban J connectivity index is 1.22. The molecule has 1 amide bonds. The fourth-order valence-corrected chi connectivity index (χ4v) is 6.97. The van der Waals surface area contributed by atoms with Crippen molar-refractivity contribution in [3.8, 4) is 6.07 Å². The summed E-state index contributed by atoms with van der Waals surface area (Å²) >= 11 is 0. The minimum atomic E-state index is -0.496. The topological polar surface area (TPSA) is 94.2 Å². The molecule has 4 saturated carbocycles. The van der Waals surface area contributed by atoms with Crippen molar-refractivity contribution in [2.24, 2.45) is 24.8 Å². The summed E-state index contributed by atoms with van der Waals surface area (Å²) in [6, 6.07) is 9.97. The summed E-state index contributed by atoms with van der Waals surface area (Å²) in [6.07, 6.45) is 5.67. The van der Waals surface area contributed by atoms with Crippen molar-refractivity contribution in [2.45, 2.75) is 50.2 Å². The number of nitrogens with zero attached hydrogens (tertiary/aromatic N) is 4. The van der Waals surface area contributed by atoms with E-state index in [9.17, 15) is 9.90 Å². The second-order valence-corrected chi connectivity index (χ2v) is 10.1. The molecule has 4 aliphatic carbocycles. The van der Waals surface area contributed by atoms with Crippen molar-refractivity contribution in [2.75, 3.05) is 11.4 Å². The van der Waals surface area contributed by atoms with Gasteiger partial charge in [-0.05, 0) is 80.0 Å². The van der Waals surface area contributed by atoms with Crippen LogP contribution in [0.5, 0.6) is 0 Å². The molecule has 0 spiro atoms. The first-order valence-electron chi connectivity index (χ1n) is 11.3. The molecule has 2 N–H and O–H groups in total. The van der Waals surface area contributed by atoms with Gasteiger partial charge in [-0.15, -0.1) is 0 Å². The number of rotatable bonds is 3. The number of carbonyl (C=O) groups excluding carboxylic acids is 1. The molecule has 1 aromatic heterocycles. The fraction of sp³-hybridized carbons (Fsp3) is 0.542. The summed E-state index contributed by atoms with van der Waals surface area (Å²) < 4.78 is 1.77. The van der Waals surface area contributed by atoms with E-state index in [4.69, 9.17) is 5.26 Å². The molecule has 1 aliphatic heterocycles. The lowest BCUT2D eigenvalue weighted by molar-refractivity contribution is -0.136. The number of aliphatic hydroxyl groups is 1. The maximum atomic E-state index is 13.1. The molecule has 160 valence electrons. The van der Waals surface area contributed by atoms with Crippen molar-refractivity contribution in [3.05, 3.63) is 41.1 Å². The number of aromatic nitrogens is 2. The summed E-state index contributed by atoms with van der Waals surface area (Å²) in [7, 11) is 1.87. The average molecular weight is 418 g/mol. The third-order valence-corrected chi connectivity index (χ3v) is 8.01. The molecule has 2 atom stereocenters. The number of hydrogen-bond donors (Lipinski definition) is 2. The van der Waals surface area contributed by atoms with Crippen LogP contribution >= 0.6 is 0 Å². The van der Waals surface area contributed by atoms with Gasteiger partial charge >= 0.3 is 0 Å². The molecule has 7 nitrogen and oxygen atoms in total. The number of anilines is 2. The first kappa shape index (κ1) is 18.9. The van der Waals surface area contributed by atoms with Crippen LogP contribution < -0.4 is 10.2 Å². The number of fused-ring (bicyclic) bond motifs is 1. The Kier molecular flexibility index (Phi) is 4.00. The van der Waals surface area contributed by atoms with Crippen molar-refractivity contribution in [1.29, 1.82) is 5.26 Å². The van der Waals surface area contributed by atoms with Gasteiger partial charge in [0.1, 0.15) is 5.82 Å². The highest BCUT2D eigenvalue weighted by Gasteiger charge is 2.55. The van der Waals surface area contributed by atoms with Crippen molar-refractivity contribution in [3.63, 3.8) is 0 Å². The Bertz CT molecular complexity index is 1100. The first-order chi connectivity index (χ1) is 14.9. The molecular formula is C24H27N5O2. The van der Waals surface area contributed by atoms with Crippen molar-refractivity contribution >= 4 is 17.4 Å². The van der Waals surface area contributed by atoms with Gasteiger partial charge in [0.15, 0.2) is 5.69 Å². The lowest BCUT2D eigenvalue weighted by Gasteiger charge is -2.58. The molecule has 2 aromatic rings. The minimum absolute atomic E-state index is 0.120. The third-order valence-electron chi connectivity index (χ3n) is 8.01. The van der Waals surface area contributed by atoms with Crippen molar-refractivity contribution < 1.29 is 9.90 Å². The molecule has 31 heavy (non-hydrogen) atoms. The van der Waals surface area contributed by atoms with Crippen molar-refractivity contribution in [1.82, 2.24) is 15.1 Å². The molecule has 7 rings (SSSR count).